The summed E-state index contributed by atoms with van der Waals surface area (Å²) in [6.45, 7) is 0. The van der Waals surface area contributed by atoms with Crippen molar-refractivity contribution in [3.8, 4) is 0 Å². The molecule has 54 valence electrons. The summed E-state index contributed by atoms with van der Waals surface area (Å²) in [5.41, 5.74) is 0.769. The van der Waals surface area contributed by atoms with Gasteiger partial charge in [0.25, 0.3) is 0 Å². The molecule has 4 heteroatoms. The molecule has 10 heavy (non-hydrogen) atoms. The SMILES string of the molecule is O=c1cc[nH]c(Br)c1CBr. The van der Waals surface area contributed by atoms with Crippen LogP contribution in [0.3, 0.4) is 0 Å². The fourth-order valence-electron chi connectivity index (χ4n) is 0.611. The third kappa shape index (κ3) is 1.49. The van der Waals surface area contributed by atoms with Crippen LogP contribution in [0.2, 0.25) is 0 Å². The molecule has 1 aromatic heterocycles. The third-order valence-electron chi connectivity index (χ3n) is 1.14. The van der Waals surface area contributed by atoms with Crippen LogP contribution in [-0.4, -0.2) is 4.98 Å². The summed E-state index contributed by atoms with van der Waals surface area (Å²) < 4.78 is 0.747. The fourth-order valence-corrected chi connectivity index (χ4v) is 2.01. The molecule has 0 atom stereocenters. The summed E-state index contributed by atoms with van der Waals surface area (Å²) in [5.74, 6) is 0. The Morgan fingerprint density at radius 3 is 2.70 bits per heavy atom. The number of aromatic nitrogens is 1. The van der Waals surface area contributed by atoms with Crippen LogP contribution < -0.4 is 5.43 Å². The number of hydrogen-bond acceptors (Lipinski definition) is 1. The van der Waals surface area contributed by atoms with E-state index in [9.17, 15) is 4.79 Å². The van der Waals surface area contributed by atoms with Crippen LogP contribution in [0.4, 0.5) is 0 Å². The van der Waals surface area contributed by atoms with E-state index in [1.807, 2.05) is 0 Å². The van der Waals surface area contributed by atoms with E-state index in [-0.39, 0.29) is 5.43 Å². The van der Waals surface area contributed by atoms with E-state index in [1.165, 1.54) is 6.07 Å². The Balaban J connectivity index is 3.31. The molecule has 2 nitrogen and oxygen atoms in total. The Morgan fingerprint density at radius 1 is 1.60 bits per heavy atom. The third-order valence-corrected chi connectivity index (χ3v) is 2.41. The zero-order valence-corrected chi connectivity index (χ0v) is 8.20. The second-order valence-electron chi connectivity index (χ2n) is 1.77. The predicted molar refractivity (Wildman–Crippen MR) is 47.4 cm³/mol. The molecular formula is C6H5Br2NO. The molecule has 0 aromatic carbocycles. The van der Waals surface area contributed by atoms with Gasteiger partial charge >= 0.3 is 0 Å². The van der Waals surface area contributed by atoms with Gasteiger partial charge in [0.1, 0.15) is 0 Å². The average molecular weight is 267 g/mol. The second-order valence-corrected chi connectivity index (χ2v) is 3.12. The lowest BCUT2D eigenvalue weighted by molar-refractivity contribution is 1.18. The lowest BCUT2D eigenvalue weighted by Crippen LogP contribution is -2.06. The molecule has 0 saturated heterocycles. The summed E-state index contributed by atoms with van der Waals surface area (Å²) in [4.78, 5) is 13.9. The van der Waals surface area contributed by atoms with E-state index in [1.54, 1.807) is 6.20 Å². The second kappa shape index (κ2) is 3.34. The summed E-state index contributed by atoms with van der Waals surface area (Å²) in [5, 5.41) is 0.573. The van der Waals surface area contributed by atoms with Crippen molar-refractivity contribution < 1.29 is 0 Å². The number of H-pyrrole nitrogens is 1. The lowest BCUT2D eigenvalue weighted by Gasteiger charge is -1.95. The van der Waals surface area contributed by atoms with E-state index < -0.39 is 0 Å². The van der Waals surface area contributed by atoms with E-state index in [0.29, 0.717) is 5.33 Å². The van der Waals surface area contributed by atoms with Gasteiger partial charge in [0.15, 0.2) is 5.43 Å². The van der Waals surface area contributed by atoms with Gasteiger partial charge in [-0.3, -0.25) is 4.79 Å². The Kier molecular flexibility index (Phi) is 2.68. The van der Waals surface area contributed by atoms with Crippen LogP contribution in [0, 0.1) is 0 Å². The maximum absolute atomic E-state index is 11.0. The Bertz CT molecular complexity index is 281. The van der Waals surface area contributed by atoms with Gasteiger partial charge in [0, 0.05) is 23.2 Å². The van der Waals surface area contributed by atoms with Crippen molar-refractivity contribution in [1.29, 1.82) is 0 Å². The van der Waals surface area contributed by atoms with Gasteiger partial charge in [0.2, 0.25) is 0 Å². The lowest BCUT2D eigenvalue weighted by atomic mass is 10.3. The molecule has 0 spiro atoms. The standard InChI is InChI=1S/C6H5Br2NO/c7-3-4-5(10)1-2-9-6(4)8/h1-2H,3H2,(H,9,10). The molecule has 0 amide bonds. The zero-order valence-electron chi connectivity index (χ0n) is 5.03. The maximum atomic E-state index is 11.0. The topological polar surface area (TPSA) is 32.9 Å². The van der Waals surface area contributed by atoms with Gasteiger partial charge in [-0.2, -0.15) is 0 Å². The molecule has 0 fully saturated rings. The number of aromatic amines is 1. The van der Waals surface area contributed by atoms with E-state index in [0.717, 1.165) is 10.2 Å². The maximum Gasteiger partial charge on any atom is 0.186 e. The van der Waals surface area contributed by atoms with Crippen LogP contribution in [0.5, 0.6) is 0 Å². The molecule has 0 aliphatic carbocycles. The molecule has 1 heterocycles. The van der Waals surface area contributed by atoms with Crippen LogP contribution in [0.1, 0.15) is 5.56 Å². The van der Waals surface area contributed by atoms with Crippen molar-refractivity contribution in [2.45, 2.75) is 5.33 Å². The molecule has 1 rings (SSSR count). The molecular weight excluding hydrogens is 262 g/mol. The summed E-state index contributed by atoms with van der Waals surface area (Å²) in [6, 6.07) is 1.50. The van der Waals surface area contributed by atoms with Crippen molar-refractivity contribution in [3.63, 3.8) is 0 Å². The number of pyridine rings is 1. The highest BCUT2D eigenvalue weighted by molar-refractivity contribution is 9.10. The van der Waals surface area contributed by atoms with E-state index >= 15 is 0 Å². The minimum absolute atomic E-state index is 0.0440. The van der Waals surface area contributed by atoms with Gasteiger partial charge in [-0.25, -0.2) is 0 Å². The summed E-state index contributed by atoms with van der Waals surface area (Å²) in [7, 11) is 0. The zero-order chi connectivity index (χ0) is 7.56. The van der Waals surface area contributed by atoms with Gasteiger partial charge < -0.3 is 4.98 Å². The molecule has 0 radical (unpaired) electrons. The van der Waals surface area contributed by atoms with Crippen molar-refractivity contribution >= 4 is 31.9 Å². The van der Waals surface area contributed by atoms with Crippen molar-refractivity contribution in [2.24, 2.45) is 0 Å². The Labute approximate surface area is 74.9 Å². The highest BCUT2D eigenvalue weighted by Gasteiger charge is 2.00. The first-order valence-corrected chi connectivity index (χ1v) is 4.59. The van der Waals surface area contributed by atoms with Crippen molar-refractivity contribution in [3.05, 3.63) is 32.7 Å². The number of hydrogen-bond donors (Lipinski definition) is 1. The van der Waals surface area contributed by atoms with Gasteiger partial charge in [0.05, 0.1) is 4.60 Å². The van der Waals surface area contributed by atoms with Crippen molar-refractivity contribution in [2.75, 3.05) is 0 Å². The molecule has 1 N–H and O–H groups in total. The summed E-state index contributed by atoms with van der Waals surface area (Å²) >= 11 is 6.43. The molecule has 0 saturated carbocycles. The quantitative estimate of drug-likeness (QED) is 0.612. The minimum Gasteiger partial charge on any atom is -0.356 e. The summed E-state index contributed by atoms with van der Waals surface area (Å²) in [6.07, 6.45) is 1.61. The van der Waals surface area contributed by atoms with Gasteiger partial charge in [-0.1, -0.05) is 15.9 Å². The van der Waals surface area contributed by atoms with Crippen molar-refractivity contribution in [1.82, 2.24) is 4.98 Å². The first-order chi connectivity index (χ1) is 4.75. The van der Waals surface area contributed by atoms with E-state index in [4.69, 9.17) is 0 Å². The van der Waals surface area contributed by atoms with Gasteiger partial charge in [-0.15, -0.1) is 0 Å². The van der Waals surface area contributed by atoms with Crippen LogP contribution in [0.15, 0.2) is 21.7 Å². The predicted octanol–water partition coefficient (Wildman–Crippen LogP) is 2.03. The fraction of sp³-hybridized carbons (Fsp3) is 0.167. The normalized spacial score (nSPS) is 9.80. The van der Waals surface area contributed by atoms with Crippen LogP contribution in [0.25, 0.3) is 0 Å². The average Bonchev–Trinajstić information content (AvgIpc) is 1.88. The smallest absolute Gasteiger partial charge is 0.186 e. The molecule has 1 aromatic rings. The van der Waals surface area contributed by atoms with E-state index in [2.05, 4.69) is 36.8 Å². The molecule has 0 aliphatic heterocycles. The molecule has 0 aliphatic rings. The Morgan fingerprint density at radius 2 is 2.30 bits per heavy atom. The van der Waals surface area contributed by atoms with Gasteiger partial charge in [-0.05, 0) is 15.9 Å². The number of nitrogens with one attached hydrogen (secondary N) is 1. The number of halogens is 2. The number of rotatable bonds is 1. The largest absolute Gasteiger partial charge is 0.356 e. The number of alkyl halides is 1. The van der Waals surface area contributed by atoms with Crippen LogP contribution in [-0.2, 0) is 5.33 Å². The first-order valence-electron chi connectivity index (χ1n) is 2.67. The van der Waals surface area contributed by atoms with Crippen LogP contribution >= 0.6 is 31.9 Å². The highest BCUT2D eigenvalue weighted by atomic mass is 79.9. The Hall–Kier alpha value is -0.0900. The molecule has 0 bridgehead atoms. The molecule has 0 unspecified atom stereocenters. The minimum atomic E-state index is 0.0440. The first kappa shape index (κ1) is 8.01. The monoisotopic (exact) mass is 265 g/mol. The highest BCUT2D eigenvalue weighted by Crippen LogP contribution is 2.10.